The van der Waals surface area contributed by atoms with Crippen LogP contribution in [0.1, 0.15) is 36.6 Å². The largest absolute Gasteiger partial charge is 0.497 e. The molecule has 3 nitrogen and oxygen atoms in total. The first-order chi connectivity index (χ1) is 10.1. The number of ether oxygens (including phenoxy) is 2. The first-order valence-corrected chi connectivity index (χ1v) is 7.48. The number of methoxy groups -OCH3 is 1. The second-order valence-electron chi connectivity index (χ2n) is 5.16. The lowest BCUT2D eigenvalue weighted by Gasteiger charge is -2.11. The highest BCUT2D eigenvalue weighted by molar-refractivity contribution is 6.17. The van der Waals surface area contributed by atoms with Crippen molar-refractivity contribution in [3.05, 3.63) is 53.2 Å². The maximum atomic E-state index is 5.93. The van der Waals surface area contributed by atoms with E-state index in [2.05, 4.69) is 18.8 Å². The molecule has 1 heterocycles. The van der Waals surface area contributed by atoms with E-state index in [1.165, 1.54) is 0 Å². The van der Waals surface area contributed by atoms with Crippen LogP contribution in [0.4, 0.5) is 0 Å². The predicted molar refractivity (Wildman–Crippen MR) is 85.2 cm³/mol. The van der Waals surface area contributed by atoms with Gasteiger partial charge in [0.25, 0.3) is 0 Å². The molecule has 0 atom stereocenters. The molecule has 0 spiro atoms. The molecule has 4 heteroatoms. The summed E-state index contributed by atoms with van der Waals surface area (Å²) in [5.74, 6) is 2.26. The lowest BCUT2D eigenvalue weighted by atomic mass is 10.1. The Morgan fingerprint density at radius 1 is 1.10 bits per heavy atom. The van der Waals surface area contributed by atoms with Gasteiger partial charge in [0.05, 0.1) is 7.11 Å². The van der Waals surface area contributed by atoms with Crippen LogP contribution in [-0.2, 0) is 12.5 Å². The maximum Gasteiger partial charge on any atom is 0.214 e. The third-order valence-corrected chi connectivity index (χ3v) is 3.48. The van der Waals surface area contributed by atoms with Gasteiger partial charge >= 0.3 is 0 Å². The van der Waals surface area contributed by atoms with E-state index in [1.54, 1.807) is 7.11 Å². The molecule has 0 bridgehead atoms. The second-order valence-corrected chi connectivity index (χ2v) is 5.43. The zero-order valence-corrected chi connectivity index (χ0v) is 13.4. The molecule has 0 saturated carbocycles. The lowest BCUT2D eigenvalue weighted by Crippen LogP contribution is -2.01. The van der Waals surface area contributed by atoms with Crippen molar-refractivity contribution >= 4 is 11.6 Å². The highest BCUT2D eigenvalue weighted by Gasteiger charge is 2.07. The SMILES string of the molecule is COc1ccc(COc2cc(CCl)cc(C(C)C)n2)cc1. The van der Waals surface area contributed by atoms with Gasteiger partial charge in [-0.15, -0.1) is 11.6 Å². The van der Waals surface area contributed by atoms with Gasteiger partial charge in [0.15, 0.2) is 0 Å². The third-order valence-electron chi connectivity index (χ3n) is 3.17. The predicted octanol–water partition coefficient (Wildman–Crippen LogP) is 4.53. The van der Waals surface area contributed by atoms with Crippen molar-refractivity contribution in [3.8, 4) is 11.6 Å². The minimum atomic E-state index is 0.344. The molecule has 112 valence electrons. The lowest BCUT2D eigenvalue weighted by molar-refractivity contribution is 0.292. The molecule has 0 aliphatic carbocycles. The number of alkyl halides is 1. The number of benzene rings is 1. The monoisotopic (exact) mass is 305 g/mol. The molecule has 1 aromatic heterocycles. The third kappa shape index (κ3) is 4.36. The molecule has 0 aliphatic heterocycles. The highest BCUT2D eigenvalue weighted by Crippen LogP contribution is 2.21. The normalized spacial score (nSPS) is 10.7. The minimum absolute atomic E-state index is 0.344. The molecular weight excluding hydrogens is 286 g/mol. The van der Waals surface area contributed by atoms with Crippen LogP contribution in [0.25, 0.3) is 0 Å². The summed E-state index contributed by atoms with van der Waals surface area (Å²) in [5.41, 5.74) is 3.10. The summed E-state index contributed by atoms with van der Waals surface area (Å²) in [7, 11) is 1.65. The van der Waals surface area contributed by atoms with E-state index in [0.29, 0.717) is 24.3 Å². The number of hydrogen-bond donors (Lipinski definition) is 0. The number of rotatable bonds is 6. The molecule has 0 amide bonds. The van der Waals surface area contributed by atoms with E-state index in [-0.39, 0.29) is 0 Å². The van der Waals surface area contributed by atoms with Gasteiger partial charge in [0.1, 0.15) is 12.4 Å². The Hall–Kier alpha value is -1.74. The standard InChI is InChI=1S/C17H20ClNO2/c1-12(2)16-8-14(10-18)9-17(19-16)21-11-13-4-6-15(20-3)7-5-13/h4-9,12H,10-11H2,1-3H3. The Bertz CT molecular complexity index is 582. The van der Waals surface area contributed by atoms with E-state index >= 15 is 0 Å². The smallest absolute Gasteiger partial charge is 0.214 e. The van der Waals surface area contributed by atoms with Crippen LogP contribution in [-0.4, -0.2) is 12.1 Å². The van der Waals surface area contributed by atoms with Crippen LogP contribution in [0, 0.1) is 0 Å². The van der Waals surface area contributed by atoms with Gasteiger partial charge in [-0.2, -0.15) is 0 Å². The summed E-state index contributed by atoms with van der Waals surface area (Å²) >= 11 is 5.93. The van der Waals surface area contributed by atoms with Crippen molar-refractivity contribution in [1.82, 2.24) is 4.98 Å². The zero-order valence-electron chi connectivity index (χ0n) is 12.6. The van der Waals surface area contributed by atoms with Crippen molar-refractivity contribution in [2.75, 3.05) is 7.11 Å². The molecule has 2 rings (SSSR count). The van der Waals surface area contributed by atoms with E-state index in [1.807, 2.05) is 36.4 Å². The van der Waals surface area contributed by atoms with Crippen molar-refractivity contribution in [2.45, 2.75) is 32.3 Å². The van der Waals surface area contributed by atoms with E-state index in [4.69, 9.17) is 21.1 Å². The van der Waals surface area contributed by atoms with E-state index < -0.39 is 0 Å². The summed E-state index contributed by atoms with van der Waals surface area (Å²) in [6.07, 6.45) is 0. The first-order valence-electron chi connectivity index (χ1n) is 6.95. The molecule has 2 aromatic rings. The summed E-state index contributed by atoms with van der Waals surface area (Å²) in [5, 5.41) is 0. The Labute approximate surface area is 130 Å². The molecule has 21 heavy (non-hydrogen) atoms. The van der Waals surface area contributed by atoms with Gasteiger partial charge in [-0.3, -0.25) is 0 Å². The second kappa shape index (κ2) is 7.32. The fraction of sp³-hybridized carbons (Fsp3) is 0.353. The molecule has 0 aliphatic rings. The fourth-order valence-corrected chi connectivity index (χ4v) is 2.06. The van der Waals surface area contributed by atoms with E-state index in [9.17, 15) is 0 Å². The molecule has 0 saturated heterocycles. The number of pyridine rings is 1. The summed E-state index contributed by atoms with van der Waals surface area (Å²) in [6, 6.07) is 11.7. The van der Waals surface area contributed by atoms with Gasteiger partial charge < -0.3 is 9.47 Å². The van der Waals surface area contributed by atoms with Gasteiger partial charge in [0.2, 0.25) is 5.88 Å². The number of halogens is 1. The minimum Gasteiger partial charge on any atom is -0.497 e. The molecule has 0 fully saturated rings. The van der Waals surface area contributed by atoms with Crippen molar-refractivity contribution in [1.29, 1.82) is 0 Å². The maximum absolute atomic E-state index is 5.93. The van der Waals surface area contributed by atoms with Gasteiger partial charge in [0, 0.05) is 17.6 Å². The number of aromatic nitrogens is 1. The van der Waals surface area contributed by atoms with Gasteiger partial charge in [-0.25, -0.2) is 4.98 Å². The molecule has 0 unspecified atom stereocenters. The molecular formula is C17H20ClNO2. The Kier molecular flexibility index (Phi) is 5.45. The van der Waals surface area contributed by atoms with Crippen LogP contribution in [0.3, 0.4) is 0 Å². The Morgan fingerprint density at radius 2 is 1.81 bits per heavy atom. The number of nitrogens with zero attached hydrogens (tertiary/aromatic N) is 1. The number of hydrogen-bond acceptors (Lipinski definition) is 3. The summed E-state index contributed by atoms with van der Waals surface area (Å²) in [4.78, 5) is 4.52. The van der Waals surface area contributed by atoms with Crippen LogP contribution < -0.4 is 9.47 Å². The Balaban J connectivity index is 2.09. The summed E-state index contributed by atoms with van der Waals surface area (Å²) in [6.45, 7) is 4.68. The topological polar surface area (TPSA) is 31.4 Å². The first kappa shape index (κ1) is 15.6. The van der Waals surface area contributed by atoms with Crippen LogP contribution in [0.5, 0.6) is 11.6 Å². The fourth-order valence-electron chi connectivity index (χ4n) is 1.91. The summed E-state index contributed by atoms with van der Waals surface area (Å²) < 4.78 is 10.9. The van der Waals surface area contributed by atoms with Crippen LogP contribution in [0.15, 0.2) is 36.4 Å². The molecule has 0 N–H and O–H groups in total. The molecule has 0 radical (unpaired) electrons. The Morgan fingerprint density at radius 3 is 2.38 bits per heavy atom. The van der Waals surface area contributed by atoms with Crippen molar-refractivity contribution in [3.63, 3.8) is 0 Å². The quantitative estimate of drug-likeness (QED) is 0.735. The molecule has 1 aromatic carbocycles. The average Bonchev–Trinajstić information content (AvgIpc) is 2.53. The highest BCUT2D eigenvalue weighted by atomic mass is 35.5. The van der Waals surface area contributed by atoms with Gasteiger partial charge in [-0.1, -0.05) is 26.0 Å². The zero-order chi connectivity index (χ0) is 15.2. The van der Waals surface area contributed by atoms with Crippen molar-refractivity contribution < 1.29 is 9.47 Å². The van der Waals surface area contributed by atoms with Crippen molar-refractivity contribution in [2.24, 2.45) is 0 Å². The van der Waals surface area contributed by atoms with Crippen LogP contribution >= 0.6 is 11.6 Å². The van der Waals surface area contributed by atoms with Crippen LogP contribution in [0.2, 0.25) is 0 Å². The average molecular weight is 306 g/mol. The van der Waals surface area contributed by atoms with Gasteiger partial charge in [-0.05, 0) is 35.2 Å². The van der Waals surface area contributed by atoms with E-state index in [0.717, 1.165) is 22.6 Å².